The van der Waals surface area contributed by atoms with Gasteiger partial charge in [-0.1, -0.05) is 31.4 Å². The first-order valence-corrected chi connectivity index (χ1v) is 5.29. The molecule has 0 bridgehead atoms. The van der Waals surface area contributed by atoms with Gasteiger partial charge in [0.15, 0.2) is 0 Å². The van der Waals surface area contributed by atoms with E-state index < -0.39 is 0 Å². The second kappa shape index (κ2) is 3.61. The summed E-state index contributed by atoms with van der Waals surface area (Å²) in [4.78, 5) is 0. The molecule has 0 unspecified atom stereocenters. The minimum absolute atomic E-state index is 1.13. The average Bonchev–Trinajstić information content (AvgIpc) is 2.59. The maximum absolute atomic E-state index is 3.84. The van der Waals surface area contributed by atoms with Gasteiger partial charge in [0.05, 0.1) is 28.4 Å². The number of hydrogen-bond acceptors (Lipinski definition) is 0. The summed E-state index contributed by atoms with van der Waals surface area (Å²) in [5.74, 6) is 0. The maximum Gasteiger partial charge on any atom is 0.0640 e. The van der Waals surface area contributed by atoms with E-state index in [0.29, 0.717) is 0 Å². The minimum atomic E-state index is 1.13. The first-order chi connectivity index (χ1) is 6.77. The molecule has 0 saturated heterocycles. The highest BCUT2D eigenvalue weighted by atomic mass is 127. The Labute approximate surface area is 97.2 Å². The number of nitrogens with zero attached hydrogens (tertiary/aromatic N) is 1. The van der Waals surface area contributed by atoms with Gasteiger partial charge in [0.2, 0.25) is 0 Å². The molecule has 0 fully saturated rings. The summed E-state index contributed by atoms with van der Waals surface area (Å²) in [6.07, 6.45) is 5.79. The molecule has 0 saturated carbocycles. The predicted octanol–water partition coefficient (Wildman–Crippen LogP) is 4.13. The zero-order valence-electron chi connectivity index (χ0n) is 7.70. The van der Waals surface area contributed by atoms with Gasteiger partial charge in [0, 0.05) is 11.6 Å². The van der Waals surface area contributed by atoms with Gasteiger partial charge < -0.3 is 0 Å². The smallest absolute Gasteiger partial charge is 0.0640 e. The fourth-order valence-corrected chi connectivity index (χ4v) is 2.21. The summed E-state index contributed by atoms with van der Waals surface area (Å²) in [5.41, 5.74) is 3.51. The molecule has 0 spiro atoms. The normalized spacial score (nSPS) is 10.4. The van der Waals surface area contributed by atoms with Crippen LogP contribution in [0.25, 0.3) is 23.1 Å². The highest BCUT2D eigenvalue weighted by molar-refractivity contribution is 14.1. The van der Waals surface area contributed by atoms with Crippen molar-refractivity contribution in [1.29, 1.82) is 0 Å². The zero-order chi connectivity index (χ0) is 10.1. The van der Waals surface area contributed by atoms with Gasteiger partial charge in [0.1, 0.15) is 0 Å². The summed E-state index contributed by atoms with van der Waals surface area (Å²) in [6, 6.07) is 6.28. The van der Waals surface area contributed by atoms with Crippen molar-refractivity contribution in [3.63, 3.8) is 0 Å². The number of rotatable bonds is 2. The molecular formula is C12H10IN. The minimum Gasteiger partial charge on any atom is -0.290 e. The molecular weight excluding hydrogens is 285 g/mol. The topological polar surface area (TPSA) is 4.93 Å². The molecule has 70 valence electrons. The van der Waals surface area contributed by atoms with Gasteiger partial charge in [-0.3, -0.25) is 2.78 Å². The molecule has 1 aromatic carbocycles. The third kappa shape index (κ3) is 1.30. The van der Waals surface area contributed by atoms with Crippen molar-refractivity contribution in [3.8, 4) is 0 Å². The molecule has 0 N–H and O–H groups in total. The summed E-state index contributed by atoms with van der Waals surface area (Å²) >= 11 is 2.27. The van der Waals surface area contributed by atoms with Crippen molar-refractivity contribution in [2.75, 3.05) is 0 Å². The Kier molecular flexibility index (Phi) is 2.46. The van der Waals surface area contributed by atoms with Gasteiger partial charge in [0.25, 0.3) is 0 Å². The Bertz CT molecular complexity index is 508. The molecule has 2 rings (SSSR count). The fourth-order valence-electron chi connectivity index (χ4n) is 1.63. The third-order valence-electron chi connectivity index (χ3n) is 2.32. The van der Waals surface area contributed by atoms with Gasteiger partial charge in [-0.25, -0.2) is 0 Å². The number of aromatic nitrogens is 1. The Morgan fingerprint density at radius 3 is 2.57 bits per heavy atom. The van der Waals surface area contributed by atoms with E-state index in [1.54, 1.807) is 0 Å². The number of benzene rings is 1. The second-order valence-corrected chi connectivity index (χ2v) is 4.08. The van der Waals surface area contributed by atoms with Crippen LogP contribution in [0.15, 0.2) is 37.6 Å². The first kappa shape index (κ1) is 9.52. The van der Waals surface area contributed by atoms with Crippen LogP contribution in [-0.2, 0) is 0 Å². The van der Waals surface area contributed by atoms with Crippen LogP contribution in [0.2, 0.25) is 0 Å². The van der Waals surface area contributed by atoms with Crippen LogP contribution in [0, 0.1) is 0 Å². The summed E-state index contributed by atoms with van der Waals surface area (Å²) in [6.45, 7) is 7.64. The Balaban J connectivity index is 2.90. The van der Waals surface area contributed by atoms with Crippen LogP contribution in [0.3, 0.4) is 0 Å². The highest BCUT2D eigenvalue weighted by Gasteiger charge is 2.04. The lowest BCUT2D eigenvalue weighted by Crippen LogP contribution is -1.82. The molecule has 0 radical (unpaired) electrons. The van der Waals surface area contributed by atoms with Crippen molar-refractivity contribution < 1.29 is 0 Å². The molecule has 2 heteroatoms. The van der Waals surface area contributed by atoms with E-state index >= 15 is 0 Å². The SMILES string of the molecule is C=Cc1ccc2c(ccn2I)c1C=C. The molecule has 0 amide bonds. The average molecular weight is 295 g/mol. The van der Waals surface area contributed by atoms with Gasteiger partial charge in [-0.15, -0.1) is 0 Å². The lowest BCUT2D eigenvalue weighted by Gasteiger charge is -2.03. The Hall–Kier alpha value is -1.03. The van der Waals surface area contributed by atoms with Crippen LogP contribution in [0.5, 0.6) is 0 Å². The van der Waals surface area contributed by atoms with Crippen molar-refractivity contribution >= 4 is 45.9 Å². The molecule has 0 aliphatic rings. The molecule has 1 heterocycles. The lowest BCUT2D eigenvalue weighted by atomic mass is 10.0. The van der Waals surface area contributed by atoms with Crippen LogP contribution < -0.4 is 0 Å². The van der Waals surface area contributed by atoms with E-state index in [1.807, 2.05) is 18.3 Å². The van der Waals surface area contributed by atoms with Gasteiger partial charge in [-0.2, -0.15) is 0 Å². The van der Waals surface area contributed by atoms with Crippen LogP contribution in [0.4, 0.5) is 0 Å². The van der Waals surface area contributed by atoms with Crippen molar-refractivity contribution in [3.05, 3.63) is 48.7 Å². The maximum atomic E-state index is 3.84. The number of halogens is 1. The fraction of sp³-hybridized carbons (Fsp3) is 0. The van der Waals surface area contributed by atoms with Gasteiger partial charge >= 0.3 is 0 Å². The third-order valence-corrected chi connectivity index (χ3v) is 3.17. The number of fused-ring (bicyclic) bond motifs is 1. The molecule has 1 nitrogen and oxygen atoms in total. The second-order valence-electron chi connectivity index (χ2n) is 3.04. The highest BCUT2D eigenvalue weighted by Crippen LogP contribution is 2.26. The Morgan fingerprint density at radius 2 is 1.93 bits per heavy atom. The molecule has 1 aromatic heterocycles. The monoisotopic (exact) mass is 295 g/mol. The van der Waals surface area contributed by atoms with Crippen molar-refractivity contribution in [2.24, 2.45) is 0 Å². The van der Waals surface area contributed by atoms with Crippen LogP contribution in [-0.4, -0.2) is 2.78 Å². The zero-order valence-corrected chi connectivity index (χ0v) is 9.86. The molecule has 0 aliphatic carbocycles. The molecule has 0 aliphatic heterocycles. The molecule has 2 aromatic rings. The van der Waals surface area contributed by atoms with Gasteiger partial charge in [-0.05, 0) is 23.3 Å². The summed E-state index contributed by atoms with van der Waals surface area (Å²) < 4.78 is 2.08. The molecule has 0 atom stereocenters. The quantitative estimate of drug-likeness (QED) is 0.734. The Morgan fingerprint density at radius 1 is 1.14 bits per heavy atom. The van der Waals surface area contributed by atoms with E-state index in [9.17, 15) is 0 Å². The van der Waals surface area contributed by atoms with E-state index in [0.717, 1.165) is 11.1 Å². The van der Waals surface area contributed by atoms with Crippen LogP contribution >= 0.6 is 22.9 Å². The van der Waals surface area contributed by atoms with E-state index in [-0.39, 0.29) is 0 Å². The molecule has 14 heavy (non-hydrogen) atoms. The predicted molar refractivity (Wildman–Crippen MR) is 71.5 cm³/mol. The lowest BCUT2D eigenvalue weighted by molar-refractivity contribution is 1.42. The van der Waals surface area contributed by atoms with E-state index in [4.69, 9.17) is 0 Å². The van der Waals surface area contributed by atoms with Crippen molar-refractivity contribution in [1.82, 2.24) is 2.78 Å². The summed E-state index contributed by atoms with van der Waals surface area (Å²) in [7, 11) is 0. The van der Waals surface area contributed by atoms with E-state index in [2.05, 4.69) is 57.0 Å². The first-order valence-electron chi connectivity index (χ1n) is 4.33. The largest absolute Gasteiger partial charge is 0.290 e. The summed E-state index contributed by atoms with van der Waals surface area (Å²) in [5, 5.41) is 1.23. The van der Waals surface area contributed by atoms with Crippen molar-refractivity contribution in [2.45, 2.75) is 0 Å². The van der Waals surface area contributed by atoms with Crippen LogP contribution in [0.1, 0.15) is 11.1 Å². The van der Waals surface area contributed by atoms with E-state index in [1.165, 1.54) is 10.9 Å². The standard InChI is InChI=1S/C12H10IN/c1-3-9-5-6-12-11(10(9)4-2)7-8-14(12)13/h3-8H,1-2H2. The number of hydrogen-bond donors (Lipinski definition) is 0.